The van der Waals surface area contributed by atoms with Crippen molar-refractivity contribution in [2.24, 2.45) is 0 Å². The van der Waals surface area contributed by atoms with E-state index in [1.165, 1.54) is 13.2 Å². The molecular formula is C25H15BrF2O3S. The molecule has 1 aromatic heterocycles. The van der Waals surface area contributed by atoms with Gasteiger partial charge >= 0.3 is 5.97 Å². The quantitative estimate of drug-likeness (QED) is 0.234. The van der Waals surface area contributed by atoms with Crippen LogP contribution in [0.4, 0.5) is 8.78 Å². The number of methoxy groups -OCH3 is 1. The molecule has 0 fully saturated rings. The van der Waals surface area contributed by atoms with Gasteiger partial charge in [-0.25, -0.2) is 13.6 Å². The zero-order chi connectivity index (χ0) is 22.4. The van der Waals surface area contributed by atoms with E-state index in [-0.39, 0.29) is 5.56 Å². The van der Waals surface area contributed by atoms with Crippen LogP contribution in [0.25, 0.3) is 42.1 Å². The first-order valence-corrected chi connectivity index (χ1v) is 11.3. The molecule has 0 saturated heterocycles. The number of halogens is 3. The summed E-state index contributed by atoms with van der Waals surface area (Å²) in [6.07, 6.45) is 0. The van der Waals surface area contributed by atoms with Gasteiger partial charge in [0.05, 0.1) is 11.8 Å². The number of fused-ring (bicyclic) bond motifs is 4. The maximum absolute atomic E-state index is 15.7. The summed E-state index contributed by atoms with van der Waals surface area (Å²) in [6.45, 7) is -0.592. The summed E-state index contributed by atoms with van der Waals surface area (Å²) in [7, 11) is 1.18. The molecule has 0 bridgehead atoms. The number of benzene rings is 4. The number of rotatable bonds is 4. The Morgan fingerprint density at radius 1 is 0.969 bits per heavy atom. The van der Waals surface area contributed by atoms with Gasteiger partial charge in [-0.2, -0.15) is 0 Å². The summed E-state index contributed by atoms with van der Waals surface area (Å²) in [5, 5.41) is 3.59. The van der Waals surface area contributed by atoms with Crippen LogP contribution < -0.4 is 4.74 Å². The van der Waals surface area contributed by atoms with E-state index in [0.717, 1.165) is 41.5 Å². The van der Waals surface area contributed by atoms with Gasteiger partial charge < -0.3 is 9.47 Å². The van der Waals surface area contributed by atoms with E-state index in [1.54, 1.807) is 11.3 Å². The minimum atomic E-state index is -0.886. The van der Waals surface area contributed by atoms with Gasteiger partial charge in [0.2, 0.25) is 0 Å². The summed E-state index contributed by atoms with van der Waals surface area (Å²) in [4.78, 5) is 11.5. The molecule has 1 heterocycles. The summed E-state index contributed by atoms with van der Waals surface area (Å²) in [5.41, 5.74) is 0.847. The zero-order valence-corrected chi connectivity index (χ0v) is 19.1. The molecule has 160 valence electrons. The number of carbonyl (C=O) groups excluding carboxylic acids is 1. The molecule has 3 nitrogen and oxygen atoms in total. The van der Waals surface area contributed by atoms with E-state index in [9.17, 15) is 9.18 Å². The SMILES string of the molecule is COC(=O)COc1c(F)ccc(-c2c3ccccc3c(Br)c3sc4ccccc4c23)c1F. The second-order valence-corrected chi connectivity index (χ2v) is 8.98. The van der Waals surface area contributed by atoms with Gasteiger partial charge in [0, 0.05) is 31.1 Å². The minimum Gasteiger partial charge on any atom is -0.476 e. The standard InChI is InChI=1S/C25H15BrF2O3S/c1-30-19(29)12-31-24-17(27)11-10-16(23(24)28)20-13-6-2-3-7-14(13)22(26)25-21(20)15-8-4-5-9-18(15)32-25/h2-11H,12H2,1H3. The first-order valence-electron chi connectivity index (χ1n) is 9.70. The molecule has 0 spiro atoms. The molecule has 0 N–H and O–H groups in total. The number of esters is 1. The number of ether oxygens (including phenoxy) is 2. The van der Waals surface area contributed by atoms with Gasteiger partial charge in [-0.3, -0.25) is 0 Å². The van der Waals surface area contributed by atoms with Crippen LogP contribution in [0.5, 0.6) is 5.75 Å². The molecule has 5 rings (SSSR count). The molecule has 7 heteroatoms. The topological polar surface area (TPSA) is 35.5 Å². The molecule has 4 aromatic carbocycles. The van der Waals surface area contributed by atoms with Crippen molar-refractivity contribution < 1.29 is 23.0 Å². The Kier molecular flexibility index (Phi) is 5.31. The van der Waals surface area contributed by atoms with E-state index in [0.29, 0.717) is 5.56 Å². The summed E-state index contributed by atoms with van der Waals surface area (Å²) in [5.74, 6) is -3.08. The van der Waals surface area contributed by atoms with E-state index >= 15 is 4.39 Å². The van der Waals surface area contributed by atoms with E-state index in [4.69, 9.17) is 4.74 Å². The van der Waals surface area contributed by atoms with Gasteiger partial charge in [0.15, 0.2) is 24.0 Å². The summed E-state index contributed by atoms with van der Waals surface area (Å²) < 4.78 is 42.8. The predicted molar refractivity (Wildman–Crippen MR) is 127 cm³/mol. The number of hydrogen-bond acceptors (Lipinski definition) is 4. The molecule has 0 unspecified atom stereocenters. The lowest BCUT2D eigenvalue weighted by atomic mass is 9.93. The van der Waals surface area contributed by atoms with E-state index in [2.05, 4.69) is 20.7 Å². The van der Waals surface area contributed by atoms with Crippen molar-refractivity contribution in [2.45, 2.75) is 0 Å². The molecule has 5 aromatic rings. The number of thiophene rings is 1. The molecule has 0 aliphatic carbocycles. The van der Waals surface area contributed by atoms with Crippen molar-refractivity contribution in [3.05, 3.63) is 76.8 Å². The highest BCUT2D eigenvalue weighted by Crippen LogP contribution is 2.49. The van der Waals surface area contributed by atoms with Crippen LogP contribution >= 0.6 is 27.3 Å². The molecule has 0 radical (unpaired) electrons. The second-order valence-electron chi connectivity index (χ2n) is 7.14. The van der Waals surface area contributed by atoms with E-state index in [1.807, 2.05) is 48.5 Å². The van der Waals surface area contributed by atoms with Crippen LogP contribution in [0.2, 0.25) is 0 Å². The van der Waals surface area contributed by atoms with Crippen LogP contribution in [0.1, 0.15) is 0 Å². The van der Waals surface area contributed by atoms with Gasteiger partial charge in [0.25, 0.3) is 0 Å². The minimum absolute atomic E-state index is 0.198. The lowest BCUT2D eigenvalue weighted by Gasteiger charge is -2.15. The first-order chi connectivity index (χ1) is 15.5. The Hall–Kier alpha value is -3.03. The third-order valence-corrected chi connectivity index (χ3v) is 7.63. The Labute approximate surface area is 194 Å². The normalized spacial score (nSPS) is 11.4. The fourth-order valence-electron chi connectivity index (χ4n) is 3.93. The third kappa shape index (κ3) is 3.24. The van der Waals surface area contributed by atoms with Gasteiger partial charge in [0.1, 0.15) is 0 Å². The molecule has 0 saturated carbocycles. The molecule has 0 atom stereocenters. The average molecular weight is 513 g/mol. The molecule has 0 aliphatic rings. The van der Waals surface area contributed by atoms with Crippen LogP contribution in [0, 0.1) is 11.6 Å². The van der Waals surface area contributed by atoms with Gasteiger partial charge in [-0.05, 0) is 44.9 Å². The fraction of sp³-hybridized carbons (Fsp3) is 0.0800. The number of carbonyl (C=O) groups is 1. The largest absolute Gasteiger partial charge is 0.476 e. The number of hydrogen-bond donors (Lipinski definition) is 0. The average Bonchev–Trinajstić information content (AvgIpc) is 3.20. The van der Waals surface area contributed by atoms with Crippen LogP contribution in [0.3, 0.4) is 0 Å². The monoisotopic (exact) mass is 512 g/mol. The first kappa shape index (κ1) is 20.8. The fourth-order valence-corrected chi connectivity index (χ4v) is 5.87. The van der Waals surface area contributed by atoms with Crippen molar-refractivity contribution >= 4 is 64.2 Å². The Balaban J connectivity index is 1.88. The van der Waals surface area contributed by atoms with E-state index < -0.39 is 30.0 Å². The Morgan fingerprint density at radius 2 is 1.66 bits per heavy atom. The zero-order valence-electron chi connectivity index (χ0n) is 16.7. The highest BCUT2D eigenvalue weighted by Gasteiger charge is 2.24. The highest BCUT2D eigenvalue weighted by atomic mass is 79.9. The van der Waals surface area contributed by atoms with Crippen molar-refractivity contribution in [3.8, 4) is 16.9 Å². The predicted octanol–water partition coefficient (Wildman–Crippen LogP) is 7.47. The van der Waals surface area contributed by atoms with Crippen LogP contribution in [-0.4, -0.2) is 19.7 Å². The van der Waals surface area contributed by atoms with Gasteiger partial charge in [-0.1, -0.05) is 42.5 Å². The van der Waals surface area contributed by atoms with Crippen molar-refractivity contribution in [1.82, 2.24) is 0 Å². The van der Waals surface area contributed by atoms with Crippen LogP contribution in [0.15, 0.2) is 65.1 Å². The highest BCUT2D eigenvalue weighted by molar-refractivity contribution is 9.11. The Bertz CT molecular complexity index is 1530. The molecule has 0 amide bonds. The summed E-state index contributed by atoms with van der Waals surface area (Å²) in [6, 6.07) is 18.2. The van der Waals surface area contributed by atoms with Gasteiger partial charge in [-0.15, -0.1) is 11.3 Å². The lowest BCUT2D eigenvalue weighted by Crippen LogP contribution is -2.14. The second kappa shape index (κ2) is 8.15. The maximum atomic E-state index is 15.7. The summed E-state index contributed by atoms with van der Waals surface area (Å²) >= 11 is 5.35. The van der Waals surface area contributed by atoms with Crippen molar-refractivity contribution in [2.75, 3.05) is 13.7 Å². The van der Waals surface area contributed by atoms with Crippen LogP contribution in [-0.2, 0) is 9.53 Å². The Morgan fingerprint density at radius 3 is 2.41 bits per heavy atom. The third-order valence-electron chi connectivity index (χ3n) is 5.36. The maximum Gasteiger partial charge on any atom is 0.343 e. The lowest BCUT2D eigenvalue weighted by molar-refractivity contribution is -0.143. The molecule has 0 aliphatic heterocycles. The molecule has 32 heavy (non-hydrogen) atoms. The molecular weight excluding hydrogens is 498 g/mol. The van der Waals surface area contributed by atoms with Crippen molar-refractivity contribution in [1.29, 1.82) is 0 Å². The smallest absolute Gasteiger partial charge is 0.343 e. The van der Waals surface area contributed by atoms with Crippen molar-refractivity contribution in [3.63, 3.8) is 0 Å².